The van der Waals surface area contributed by atoms with E-state index in [9.17, 15) is 9.59 Å². The van der Waals surface area contributed by atoms with Crippen LogP contribution in [0.1, 0.15) is 6.42 Å². The number of hydrogen-bond acceptors (Lipinski definition) is 4. The largest absolute Gasteiger partial charge is 0.312 e. The highest BCUT2D eigenvalue weighted by atomic mass is 35.5. The molecule has 9 heteroatoms. The lowest BCUT2D eigenvalue weighted by atomic mass is 10.1. The normalized spacial score (nSPS) is 17.8. The lowest BCUT2D eigenvalue weighted by Crippen LogP contribution is -2.31. The van der Waals surface area contributed by atoms with Crippen molar-refractivity contribution in [1.82, 2.24) is 14.9 Å². The molecule has 2 N–H and O–H groups in total. The van der Waals surface area contributed by atoms with E-state index < -0.39 is 5.92 Å². The molecular weight excluding hydrogens is 326 g/mol. The molecule has 7 nitrogen and oxygen atoms in total. The second-order valence-electron chi connectivity index (χ2n) is 4.89. The average molecular weight is 338 g/mol. The molecule has 0 saturated carbocycles. The van der Waals surface area contributed by atoms with E-state index in [0.717, 1.165) is 0 Å². The summed E-state index contributed by atoms with van der Waals surface area (Å²) in [5.41, 5.74) is 3.30. The smallest absolute Gasteiger partial charge is 0.244 e. The molecule has 1 atom stereocenters. The van der Waals surface area contributed by atoms with Crippen LogP contribution in [0.15, 0.2) is 30.6 Å². The molecule has 22 heavy (non-hydrogen) atoms. The maximum atomic E-state index is 12.2. The summed E-state index contributed by atoms with van der Waals surface area (Å²) < 4.78 is 1.59. The summed E-state index contributed by atoms with van der Waals surface area (Å²) in [7, 11) is 0. The van der Waals surface area contributed by atoms with Crippen LogP contribution >= 0.6 is 23.8 Å². The van der Waals surface area contributed by atoms with Crippen molar-refractivity contribution in [2.75, 3.05) is 16.9 Å². The van der Waals surface area contributed by atoms with Crippen LogP contribution in [0.3, 0.4) is 0 Å². The Kier molecular flexibility index (Phi) is 3.95. The maximum Gasteiger partial charge on any atom is 0.244 e. The molecule has 1 unspecified atom stereocenters. The molecule has 0 aliphatic carbocycles. The maximum absolute atomic E-state index is 12.2. The van der Waals surface area contributed by atoms with Gasteiger partial charge in [0.2, 0.25) is 16.6 Å². The molecule has 2 heterocycles. The number of nitrogens with one attached hydrogen (secondary N) is 2. The average Bonchev–Trinajstić information content (AvgIpc) is 3.06. The fourth-order valence-corrected chi connectivity index (χ4v) is 2.64. The zero-order valence-electron chi connectivity index (χ0n) is 11.3. The fraction of sp³-hybridized carbons (Fsp3) is 0.231. The summed E-state index contributed by atoms with van der Waals surface area (Å²) in [4.78, 5) is 25.9. The number of carbonyl (C=O) groups excluding carboxylic acids is 2. The molecule has 2 amide bonds. The van der Waals surface area contributed by atoms with Gasteiger partial charge < -0.3 is 4.90 Å². The van der Waals surface area contributed by atoms with Gasteiger partial charge in [-0.05, 0) is 30.4 Å². The summed E-state index contributed by atoms with van der Waals surface area (Å²) in [6.45, 7) is 0.302. The number of anilines is 1. The minimum absolute atomic E-state index is 0.113. The Morgan fingerprint density at radius 1 is 1.50 bits per heavy atom. The molecule has 1 aliphatic heterocycles. The van der Waals surface area contributed by atoms with Gasteiger partial charge in [0, 0.05) is 23.7 Å². The van der Waals surface area contributed by atoms with Gasteiger partial charge in [-0.1, -0.05) is 17.7 Å². The summed E-state index contributed by atoms with van der Waals surface area (Å²) in [5.74, 6) is -0.850. The first-order chi connectivity index (χ1) is 10.5. The predicted molar refractivity (Wildman–Crippen MR) is 83.7 cm³/mol. The highest BCUT2D eigenvalue weighted by Gasteiger charge is 2.35. The minimum atomic E-state index is -0.455. The molecule has 1 aromatic carbocycles. The fourth-order valence-electron chi connectivity index (χ4n) is 2.31. The summed E-state index contributed by atoms with van der Waals surface area (Å²) in [6.07, 6.45) is 1.51. The van der Waals surface area contributed by atoms with Crippen LogP contribution in [0.25, 0.3) is 0 Å². The van der Waals surface area contributed by atoms with E-state index in [1.165, 1.54) is 11.0 Å². The van der Waals surface area contributed by atoms with Crippen molar-refractivity contribution in [2.24, 2.45) is 5.92 Å². The van der Waals surface area contributed by atoms with Crippen molar-refractivity contribution in [1.29, 1.82) is 0 Å². The van der Waals surface area contributed by atoms with E-state index >= 15 is 0 Å². The summed E-state index contributed by atoms with van der Waals surface area (Å²) in [5, 5.41) is 6.80. The third kappa shape index (κ3) is 2.88. The number of H-pyrrole nitrogens is 1. The number of hydrogen-bond donors (Lipinski definition) is 2. The molecule has 114 valence electrons. The SMILES string of the molecule is O=C(Nn1cn[nH]c1=S)C1CC(=O)N(c2cccc(Cl)c2)C1. The molecule has 1 saturated heterocycles. The van der Waals surface area contributed by atoms with Crippen molar-refractivity contribution in [3.05, 3.63) is 40.4 Å². The molecule has 0 bridgehead atoms. The van der Waals surface area contributed by atoms with E-state index in [0.29, 0.717) is 17.3 Å². The molecule has 3 rings (SSSR count). The number of amides is 2. The van der Waals surface area contributed by atoms with Gasteiger partial charge in [-0.3, -0.25) is 20.1 Å². The summed E-state index contributed by atoms with van der Waals surface area (Å²) >= 11 is 10.9. The molecule has 0 radical (unpaired) electrons. The predicted octanol–water partition coefficient (Wildman–Crippen LogP) is 1.72. The van der Waals surface area contributed by atoms with Gasteiger partial charge in [0.15, 0.2) is 0 Å². The Morgan fingerprint density at radius 3 is 3.00 bits per heavy atom. The van der Waals surface area contributed by atoms with Crippen molar-refractivity contribution >= 4 is 41.3 Å². The Bertz CT molecular complexity index is 786. The highest BCUT2D eigenvalue weighted by Crippen LogP contribution is 2.27. The van der Waals surface area contributed by atoms with E-state index in [-0.39, 0.29) is 23.0 Å². The van der Waals surface area contributed by atoms with Crippen LogP contribution < -0.4 is 10.3 Å². The van der Waals surface area contributed by atoms with Crippen LogP contribution in [-0.4, -0.2) is 33.2 Å². The molecule has 1 aromatic heterocycles. The quantitative estimate of drug-likeness (QED) is 0.835. The Hall–Kier alpha value is -2.19. The summed E-state index contributed by atoms with van der Waals surface area (Å²) in [6, 6.07) is 6.99. The molecule has 0 spiro atoms. The van der Waals surface area contributed by atoms with Gasteiger partial charge in [0.05, 0.1) is 5.92 Å². The van der Waals surface area contributed by atoms with Gasteiger partial charge in [-0.2, -0.15) is 5.10 Å². The van der Waals surface area contributed by atoms with E-state index in [1.54, 1.807) is 29.2 Å². The zero-order valence-corrected chi connectivity index (χ0v) is 12.9. The van der Waals surface area contributed by atoms with E-state index in [2.05, 4.69) is 15.6 Å². The Morgan fingerprint density at radius 2 is 2.32 bits per heavy atom. The van der Waals surface area contributed by atoms with Gasteiger partial charge >= 0.3 is 0 Å². The number of aromatic amines is 1. The third-order valence-electron chi connectivity index (χ3n) is 3.40. The Balaban J connectivity index is 1.73. The first-order valence-electron chi connectivity index (χ1n) is 6.53. The van der Waals surface area contributed by atoms with Crippen LogP contribution in [-0.2, 0) is 9.59 Å². The zero-order chi connectivity index (χ0) is 15.7. The number of benzene rings is 1. The van der Waals surface area contributed by atoms with Crippen molar-refractivity contribution in [3.8, 4) is 0 Å². The number of carbonyl (C=O) groups is 2. The second-order valence-corrected chi connectivity index (χ2v) is 5.72. The molecular formula is C13H12ClN5O2S. The van der Waals surface area contributed by atoms with Gasteiger partial charge in [0.1, 0.15) is 6.33 Å². The first kappa shape index (κ1) is 14.7. The van der Waals surface area contributed by atoms with Crippen molar-refractivity contribution in [3.63, 3.8) is 0 Å². The van der Waals surface area contributed by atoms with Crippen molar-refractivity contribution < 1.29 is 9.59 Å². The van der Waals surface area contributed by atoms with Crippen LogP contribution in [0.2, 0.25) is 5.02 Å². The number of nitrogens with zero attached hydrogens (tertiary/aromatic N) is 3. The van der Waals surface area contributed by atoms with E-state index in [4.69, 9.17) is 23.8 Å². The first-order valence-corrected chi connectivity index (χ1v) is 7.32. The number of rotatable bonds is 3. The lowest BCUT2D eigenvalue weighted by Gasteiger charge is -2.17. The standard InChI is InChI=1S/C13H12ClN5O2S/c14-9-2-1-3-10(5-9)18-6-8(4-11(18)20)12(21)17-19-7-15-16-13(19)22/h1-3,5,7-8H,4,6H2,(H,16,22)(H,17,21). The lowest BCUT2D eigenvalue weighted by molar-refractivity contribution is -0.123. The van der Waals surface area contributed by atoms with Crippen molar-refractivity contribution in [2.45, 2.75) is 6.42 Å². The van der Waals surface area contributed by atoms with Gasteiger partial charge in [-0.15, -0.1) is 0 Å². The van der Waals surface area contributed by atoms with Gasteiger partial charge in [-0.25, -0.2) is 4.68 Å². The van der Waals surface area contributed by atoms with Crippen LogP contribution in [0.4, 0.5) is 5.69 Å². The third-order valence-corrected chi connectivity index (χ3v) is 3.92. The van der Waals surface area contributed by atoms with Crippen LogP contribution in [0, 0.1) is 10.7 Å². The number of halogens is 1. The highest BCUT2D eigenvalue weighted by molar-refractivity contribution is 7.71. The second kappa shape index (κ2) is 5.90. The molecule has 1 fully saturated rings. The monoisotopic (exact) mass is 337 g/mol. The Labute approximate surface area is 135 Å². The number of aromatic nitrogens is 3. The molecule has 2 aromatic rings. The molecule has 1 aliphatic rings. The van der Waals surface area contributed by atoms with Crippen LogP contribution in [0.5, 0.6) is 0 Å². The van der Waals surface area contributed by atoms with Gasteiger partial charge in [0.25, 0.3) is 0 Å². The topological polar surface area (TPSA) is 83.0 Å². The minimum Gasteiger partial charge on any atom is -0.312 e. The van der Waals surface area contributed by atoms with E-state index in [1.807, 2.05) is 0 Å².